The maximum Gasteiger partial charge on any atom is 0.128 e. The molecule has 0 aliphatic heterocycles. The van der Waals surface area contributed by atoms with Crippen LogP contribution in [0, 0.1) is 11.6 Å². The summed E-state index contributed by atoms with van der Waals surface area (Å²) in [5.41, 5.74) is 6.81. The highest BCUT2D eigenvalue weighted by Crippen LogP contribution is 2.24. The first kappa shape index (κ1) is 10.3. The molecule has 1 aromatic carbocycles. The SMILES string of the molecule is N[C@H](c1ccsc1)c1cc(F)ccc1F. The van der Waals surface area contributed by atoms with Gasteiger partial charge >= 0.3 is 0 Å². The molecule has 4 heteroatoms. The van der Waals surface area contributed by atoms with Gasteiger partial charge in [-0.25, -0.2) is 8.78 Å². The maximum atomic E-state index is 13.4. The van der Waals surface area contributed by atoms with Gasteiger partial charge in [0.15, 0.2) is 0 Å². The van der Waals surface area contributed by atoms with E-state index in [1.807, 2.05) is 10.8 Å². The third-order valence-electron chi connectivity index (χ3n) is 2.20. The van der Waals surface area contributed by atoms with Crippen LogP contribution in [-0.2, 0) is 0 Å². The average Bonchev–Trinajstić information content (AvgIpc) is 2.74. The molecule has 1 heterocycles. The van der Waals surface area contributed by atoms with Crippen LogP contribution in [0.1, 0.15) is 17.2 Å². The fraction of sp³-hybridized carbons (Fsp3) is 0.0909. The lowest BCUT2D eigenvalue weighted by Crippen LogP contribution is -2.13. The molecule has 0 spiro atoms. The second kappa shape index (κ2) is 4.08. The van der Waals surface area contributed by atoms with Crippen molar-refractivity contribution in [1.29, 1.82) is 0 Å². The van der Waals surface area contributed by atoms with E-state index in [1.165, 1.54) is 11.3 Å². The van der Waals surface area contributed by atoms with Crippen molar-refractivity contribution < 1.29 is 8.78 Å². The molecule has 0 saturated carbocycles. The number of rotatable bonds is 2. The molecule has 1 aromatic heterocycles. The van der Waals surface area contributed by atoms with Gasteiger partial charge in [0.2, 0.25) is 0 Å². The minimum atomic E-state index is -0.605. The summed E-state index contributed by atoms with van der Waals surface area (Å²) in [5.74, 6) is -0.952. The second-order valence-corrected chi connectivity index (χ2v) is 3.98. The molecule has 0 radical (unpaired) electrons. The Kier molecular flexibility index (Phi) is 2.79. The summed E-state index contributed by atoms with van der Waals surface area (Å²) in [4.78, 5) is 0. The summed E-state index contributed by atoms with van der Waals surface area (Å²) < 4.78 is 26.3. The number of benzene rings is 1. The minimum Gasteiger partial charge on any atom is -0.320 e. The van der Waals surface area contributed by atoms with Gasteiger partial charge < -0.3 is 5.73 Å². The lowest BCUT2D eigenvalue weighted by atomic mass is 10.0. The molecule has 2 rings (SSSR count). The van der Waals surface area contributed by atoms with Gasteiger partial charge in [-0.2, -0.15) is 11.3 Å². The fourth-order valence-corrected chi connectivity index (χ4v) is 2.08. The van der Waals surface area contributed by atoms with Crippen LogP contribution in [0.15, 0.2) is 35.0 Å². The molecule has 0 fully saturated rings. The number of nitrogens with two attached hydrogens (primary N) is 1. The molecular weight excluding hydrogens is 216 g/mol. The number of thiophene rings is 1. The molecule has 2 aromatic rings. The van der Waals surface area contributed by atoms with Crippen LogP contribution < -0.4 is 5.73 Å². The largest absolute Gasteiger partial charge is 0.320 e. The number of halogens is 2. The van der Waals surface area contributed by atoms with Crippen molar-refractivity contribution in [2.24, 2.45) is 5.73 Å². The zero-order valence-corrected chi connectivity index (χ0v) is 8.60. The Labute approximate surface area is 90.2 Å². The van der Waals surface area contributed by atoms with Gasteiger partial charge in [-0.05, 0) is 40.6 Å². The maximum absolute atomic E-state index is 13.4. The molecule has 0 unspecified atom stereocenters. The highest BCUT2D eigenvalue weighted by atomic mass is 32.1. The van der Waals surface area contributed by atoms with Crippen LogP contribution in [0.2, 0.25) is 0 Å². The van der Waals surface area contributed by atoms with E-state index < -0.39 is 17.7 Å². The van der Waals surface area contributed by atoms with Crippen molar-refractivity contribution in [3.05, 3.63) is 57.8 Å². The topological polar surface area (TPSA) is 26.0 Å². The van der Waals surface area contributed by atoms with E-state index >= 15 is 0 Å². The molecule has 0 bridgehead atoms. The Morgan fingerprint density at radius 1 is 1.20 bits per heavy atom. The quantitative estimate of drug-likeness (QED) is 0.835. The Bertz CT molecular complexity index is 454. The summed E-state index contributed by atoms with van der Waals surface area (Å²) in [6.45, 7) is 0. The first-order valence-corrected chi connectivity index (χ1v) is 5.35. The third-order valence-corrected chi connectivity index (χ3v) is 2.90. The van der Waals surface area contributed by atoms with E-state index in [-0.39, 0.29) is 5.56 Å². The summed E-state index contributed by atoms with van der Waals surface area (Å²) in [7, 11) is 0. The van der Waals surface area contributed by atoms with Gasteiger partial charge in [-0.15, -0.1) is 0 Å². The first-order valence-electron chi connectivity index (χ1n) is 4.41. The van der Waals surface area contributed by atoms with Gasteiger partial charge in [0.25, 0.3) is 0 Å². The van der Waals surface area contributed by atoms with Gasteiger partial charge in [0.05, 0.1) is 6.04 Å². The highest BCUT2D eigenvalue weighted by molar-refractivity contribution is 7.08. The fourth-order valence-electron chi connectivity index (χ4n) is 1.38. The van der Waals surface area contributed by atoms with Gasteiger partial charge in [0.1, 0.15) is 11.6 Å². The van der Waals surface area contributed by atoms with Crippen LogP contribution in [0.5, 0.6) is 0 Å². The average molecular weight is 225 g/mol. The van der Waals surface area contributed by atoms with Gasteiger partial charge in [-0.1, -0.05) is 0 Å². The van der Waals surface area contributed by atoms with Crippen LogP contribution >= 0.6 is 11.3 Å². The third kappa shape index (κ3) is 2.06. The van der Waals surface area contributed by atoms with Crippen molar-refractivity contribution in [1.82, 2.24) is 0 Å². The van der Waals surface area contributed by atoms with E-state index in [2.05, 4.69) is 0 Å². The van der Waals surface area contributed by atoms with Crippen molar-refractivity contribution in [2.75, 3.05) is 0 Å². The predicted octanol–water partition coefficient (Wildman–Crippen LogP) is 3.07. The molecule has 0 amide bonds. The lowest BCUT2D eigenvalue weighted by Gasteiger charge is -2.11. The van der Waals surface area contributed by atoms with Crippen molar-refractivity contribution in [3.63, 3.8) is 0 Å². The molecule has 0 aliphatic carbocycles. The monoisotopic (exact) mass is 225 g/mol. The molecule has 1 atom stereocenters. The molecule has 15 heavy (non-hydrogen) atoms. The van der Waals surface area contributed by atoms with E-state index in [1.54, 1.807) is 6.07 Å². The molecule has 0 saturated heterocycles. The summed E-state index contributed by atoms with van der Waals surface area (Å²) in [5, 5.41) is 3.68. The Hall–Kier alpha value is -1.26. The standard InChI is InChI=1S/C11H9F2NS/c12-8-1-2-10(13)9(5-8)11(14)7-3-4-15-6-7/h1-6,11H,14H2/t11-/m1/s1. The Balaban J connectivity index is 2.41. The zero-order chi connectivity index (χ0) is 10.8. The number of hydrogen-bond acceptors (Lipinski definition) is 2. The van der Waals surface area contributed by atoms with Crippen molar-refractivity contribution >= 4 is 11.3 Å². The van der Waals surface area contributed by atoms with Crippen LogP contribution in [0.4, 0.5) is 8.78 Å². The van der Waals surface area contributed by atoms with Crippen LogP contribution in [-0.4, -0.2) is 0 Å². The Morgan fingerprint density at radius 3 is 2.67 bits per heavy atom. The molecule has 78 valence electrons. The predicted molar refractivity (Wildman–Crippen MR) is 56.7 cm³/mol. The van der Waals surface area contributed by atoms with Crippen LogP contribution in [0.25, 0.3) is 0 Å². The smallest absolute Gasteiger partial charge is 0.128 e. The normalized spacial score (nSPS) is 12.7. The van der Waals surface area contributed by atoms with Crippen LogP contribution in [0.3, 0.4) is 0 Å². The first-order chi connectivity index (χ1) is 7.18. The summed E-state index contributed by atoms with van der Waals surface area (Å²) in [6, 6.07) is 4.51. The van der Waals surface area contributed by atoms with E-state index in [0.717, 1.165) is 23.8 Å². The van der Waals surface area contributed by atoms with Gasteiger partial charge in [0, 0.05) is 5.56 Å². The lowest BCUT2D eigenvalue weighted by molar-refractivity contribution is 0.577. The van der Waals surface area contributed by atoms with Gasteiger partial charge in [-0.3, -0.25) is 0 Å². The van der Waals surface area contributed by atoms with E-state index in [9.17, 15) is 8.78 Å². The zero-order valence-electron chi connectivity index (χ0n) is 7.78. The molecule has 1 nitrogen and oxygen atoms in total. The minimum absolute atomic E-state index is 0.188. The molecule has 0 aliphatic rings. The van der Waals surface area contributed by atoms with E-state index in [0.29, 0.717) is 0 Å². The second-order valence-electron chi connectivity index (χ2n) is 3.20. The molecular formula is C11H9F2NS. The highest BCUT2D eigenvalue weighted by Gasteiger charge is 2.14. The van der Waals surface area contributed by atoms with E-state index in [4.69, 9.17) is 5.73 Å². The summed E-state index contributed by atoms with van der Waals surface area (Å²) >= 11 is 1.48. The Morgan fingerprint density at radius 2 is 2.00 bits per heavy atom. The number of hydrogen-bond donors (Lipinski definition) is 1. The van der Waals surface area contributed by atoms with Crippen molar-refractivity contribution in [3.8, 4) is 0 Å². The molecule has 2 N–H and O–H groups in total. The summed E-state index contributed by atoms with van der Waals surface area (Å²) in [6.07, 6.45) is 0. The van der Waals surface area contributed by atoms with Crippen molar-refractivity contribution in [2.45, 2.75) is 6.04 Å².